The molecule has 1 aromatic heterocycles. The SMILES string of the molecule is CC(C)CC(NC(=O)OC(C)(C)C)C(=S)n1nnc2ccc([N+](=O)[O-])cc21. The van der Waals surface area contributed by atoms with Crippen LogP contribution in [0, 0.1) is 16.0 Å². The molecule has 0 aliphatic carbocycles. The fourth-order valence-corrected chi connectivity index (χ4v) is 2.76. The Bertz CT molecular complexity index is 872. The van der Waals surface area contributed by atoms with Crippen molar-refractivity contribution >= 4 is 40.0 Å². The van der Waals surface area contributed by atoms with E-state index in [0.717, 1.165) is 0 Å². The number of nitrogens with zero attached hydrogens (tertiary/aromatic N) is 4. The van der Waals surface area contributed by atoms with Crippen LogP contribution in [0.15, 0.2) is 18.2 Å². The Morgan fingerprint density at radius 1 is 1.41 bits per heavy atom. The van der Waals surface area contributed by atoms with E-state index in [0.29, 0.717) is 17.5 Å². The minimum absolute atomic E-state index is 0.0886. The molecule has 1 aromatic carbocycles. The number of amides is 1. The van der Waals surface area contributed by atoms with Crippen molar-refractivity contribution in [3.63, 3.8) is 0 Å². The van der Waals surface area contributed by atoms with Gasteiger partial charge in [-0.1, -0.05) is 31.3 Å². The summed E-state index contributed by atoms with van der Waals surface area (Å²) in [4.78, 5) is 23.1. The third kappa shape index (κ3) is 5.43. The molecule has 0 saturated heterocycles. The van der Waals surface area contributed by atoms with Gasteiger partial charge in [0.2, 0.25) is 0 Å². The van der Waals surface area contributed by atoms with Crippen LogP contribution in [0.2, 0.25) is 0 Å². The number of carbonyl (C=O) groups is 1. The first-order valence-electron chi connectivity index (χ1n) is 8.51. The van der Waals surface area contributed by atoms with Gasteiger partial charge in [-0.25, -0.2) is 9.48 Å². The number of carbonyl (C=O) groups excluding carboxylic acids is 1. The van der Waals surface area contributed by atoms with E-state index in [-0.39, 0.29) is 16.6 Å². The number of nitrogens with one attached hydrogen (secondary N) is 1. The highest BCUT2D eigenvalue weighted by Gasteiger charge is 2.26. The minimum Gasteiger partial charge on any atom is -0.444 e. The molecule has 1 heterocycles. The first-order chi connectivity index (χ1) is 12.5. The molecular formula is C17H23N5O4S. The van der Waals surface area contributed by atoms with Crippen molar-refractivity contribution in [2.45, 2.75) is 52.7 Å². The van der Waals surface area contributed by atoms with Gasteiger partial charge in [0.15, 0.2) is 0 Å². The molecule has 1 atom stereocenters. The summed E-state index contributed by atoms with van der Waals surface area (Å²) in [6.45, 7) is 9.30. The lowest BCUT2D eigenvalue weighted by Gasteiger charge is -2.25. The zero-order valence-corrected chi connectivity index (χ0v) is 16.7. The average Bonchev–Trinajstić information content (AvgIpc) is 2.94. The molecule has 2 aromatic rings. The molecule has 1 amide bonds. The topological polar surface area (TPSA) is 112 Å². The van der Waals surface area contributed by atoms with E-state index >= 15 is 0 Å². The van der Waals surface area contributed by atoms with Gasteiger partial charge in [-0.3, -0.25) is 10.1 Å². The lowest BCUT2D eigenvalue weighted by atomic mass is 10.0. The Balaban J connectivity index is 2.34. The Labute approximate surface area is 162 Å². The summed E-state index contributed by atoms with van der Waals surface area (Å²) in [5.74, 6) is 0.229. The summed E-state index contributed by atoms with van der Waals surface area (Å²) in [6.07, 6.45) is -0.0418. The maximum Gasteiger partial charge on any atom is 0.408 e. The van der Waals surface area contributed by atoms with Crippen molar-refractivity contribution in [1.29, 1.82) is 0 Å². The van der Waals surface area contributed by atoms with Gasteiger partial charge >= 0.3 is 6.09 Å². The first kappa shape index (κ1) is 20.7. The van der Waals surface area contributed by atoms with E-state index in [1.54, 1.807) is 20.8 Å². The number of nitro benzene ring substituents is 1. The third-order valence-electron chi connectivity index (χ3n) is 3.54. The molecular weight excluding hydrogens is 370 g/mol. The molecule has 9 nitrogen and oxygen atoms in total. The lowest BCUT2D eigenvalue weighted by molar-refractivity contribution is -0.384. The van der Waals surface area contributed by atoms with Crippen LogP contribution in [-0.2, 0) is 4.74 Å². The van der Waals surface area contributed by atoms with Gasteiger partial charge in [0, 0.05) is 12.1 Å². The molecule has 0 bridgehead atoms. The predicted molar refractivity (Wildman–Crippen MR) is 105 cm³/mol. The number of nitro groups is 1. The molecule has 0 saturated carbocycles. The maximum atomic E-state index is 12.2. The molecule has 146 valence electrons. The number of thiocarbonyl (C=S) groups is 1. The molecule has 1 N–H and O–H groups in total. The van der Waals surface area contributed by atoms with Crippen molar-refractivity contribution in [2.75, 3.05) is 0 Å². The van der Waals surface area contributed by atoms with Gasteiger partial charge in [0.25, 0.3) is 5.69 Å². The number of non-ortho nitro benzene ring substituents is 1. The van der Waals surface area contributed by atoms with E-state index in [1.165, 1.54) is 22.9 Å². The highest BCUT2D eigenvalue weighted by Crippen LogP contribution is 2.20. The summed E-state index contributed by atoms with van der Waals surface area (Å²) in [6, 6.07) is 3.69. The standard InChI is InChI=1S/C17H23N5O4S/c1-10(2)8-13(18-16(23)26-17(3,4)5)15(27)21-14-9-11(22(24)25)6-7-12(14)19-20-21/h6-7,9-10,13H,8H2,1-5H3,(H,18,23). The number of aromatic nitrogens is 3. The highest BCUT2D eigenvalue weighted by molar-refractivity contribution is 7.80. The molecule has 0 fully saturated rings. The number of hydrogen-bond donors (Lipinski definition) is 1. The van der Waals surface area contributed by atoms with Crippen molar-refractivity contribution < 1.29 is 14.5 Å². The van der Waals surface area contributed by atoms with Crippen LogP contribution in [0.25, 0.3) is 11.0 Å². The van der Waals surface area contributed by atoms with Gasteiger partial charge in [-0.2, -0.15) is 0 Å². The number of ether oxygens (including phenoxy) is 1. The zero-order valence-electron chi connectivity index (χ0n) is 15.9. The second-order valence-corrected chi connectivity index (χ2v) is 8.02. The van der Waals surface area contributed by atoms with Crippen molar-refractivity contribution in [2.24, 2.45) is 5.92 Å². The van der Waals surface area contributed by atoms with E-state index in [2.05, 4.69) is 15.6 Å². The van der Waals surface area contributed by atoms with Crippen LogP contribution < -0.4 is 5.32 Å². The summed E-state index contributed by atoms with van der Waals surface area (Å²) in [5.41, 5.74) is 0.154. The van der Waals surface area contributed by atoms with Crippen molar-refractivity contribution in [3.05, 3.63) is 28.3 Å². The van der Waals surface area contributed by atoms with Crippen LogP contribution in [0.4, 0.5) is 10.5 Å². The molecule has 27 heavy (non-hydrogen) atoms. The van der Waals surface area contributed by atoms with Gasteiger partial charge in [-0.15, -0.1) is 5.10 Å². The quantitative estimate of drug-likeness (QED) is 0.470. The Morgan fingerprint density at radius 3 is 2.63 bits per heavy atom. The maximum absolute atomic E-state index is 12.2. The largest absolute Gasteiger partial charge is 0.444 e. The van der Waals surface area contributed by atoms with Gasteiger partial charge < -0.3 is 10.1 Å². The second-order valence-electron chi connectivity index (χ2n) is 7.60. The van der Waals surface area contributed by atoms with E-state index < -0.39 is 22.7 Å². The van der Waals surface area contributed by atoms with Crippen LogP contribution >= 0.6 is 12.2 Å². The van der Waals surface area contributed by atoms with Crippen LogP contribution in [0.5, 0.6) is 0 Å². The molecule has 0 aliphatic heterocycles. The van der Waals surface area contributed by atoms with E-state index in [4.69, 9.17) is 17.0 Å². The van der Waals surface area contributed by atoms with E-state index in [9.17, 15) is 14.9 Å². The number of rotatable bonds is 5. The number of fused-ring (bicyclic) bond motifs is 1. The third-order valence-corrected chi connectivity index (χ3v) is 4.00. The fraction of sp³-hybridized carbons (Fsp3) is 0.529. The number of alkyl carbamates (subject to hydrolysis) is 1. The summed E-state index contributed by atoms with van der Waals surface area (Å²) >= 11 is 5.53. The van der Waals surface area contributed by atoms with Crippen molar-refractivity contribution in [3.8, 4) is 0 Å². The van der Waals surface area contributed by atoms with Gasteiger partial charge in [-0.05, 0) is 39.2 Å². The smallest absolute Gasteiger partial charge is 0.408 e. The van der Waals surface area contributed by atoms with Crippen LogP contribution in [0.3, 0.4) is 0 Å². The van der Waals surface area contributed by atoms with Gasteiger partial charge in [0.05, 0.1) is 11.0 Å². The Kier molecular flexibility index (Phi) is 6.09. The molecule has 0 aliphatic rings. The first-order valence-corrected chi connectivity index (χ1v) is 8.92. The summed E-state index contributed by atoms with van der Waals surface area (Å²) in [5, 5.41) is 21.8. The average molecular weight is 393 g/mol. The zero-order chi connectivity index (χ0) is 20.4. The minimum atomic E-state index is -0.644. The van der Waals surface area contributed by atoms with Crippen molar-refractivity contribution in [1.82, 2.24) is 20.3 Å². The van der Waals surface area contributed by atoms with Crippen LogP contribution in [0.1, 0.15) is 41.0 Å². The Morgan fingerprint density at radius 2 is 2.07 bits per heavy atom. The van der Waals surface area contributed by atoms with Gasteiger partial charge in [0.1, 0.15) is 21.6 Å². The molecule has 0 spiro atoms. The lowest BCUT2D eigenvalue weighted by Crippen LogP contribution is -2.45. The normalized spacial score (nSPS) is 12.8. The highest BCUT2D eigenvalue weighted by atomic mass is 32.1. The molecule has 0 radical (unpaired) electrons. The predicted octanol–water partition coefficient (Wildman–Crippen LogP) is 3.45. The summed E-state index contributed by atoms with van der Waals surface area (Å²) < 4.78 is 6.66. The second kappa shape index (κ2) is 7.95. The van der Waals surface area contributed by atoms with E-state index in [1.807, 2.05) is 13.8 Å². The molecule has 1 unspecified atom stereocenters. The number of benzene rings is 1. The van der Waals surface area contributed by atoms with Crippen LogP contribution in [-0.4, -0.2) is 42.6 Å². The number of hydrogen-bond acceptors (Lipinski definition) is 7. The monoisotopic (exact) mass is 393 g/mol. The fourth-order valence-electron chi connectivity index (χ4n) is 2.47. The molecule has 2 rings (SSSR count). The Hall–Kier alpha value is -2.62. The molecule has 10 heteroatoms. The summed E-state index contributed by atoms with van der Waals surface area (Å²) in [7, 11) is 0.